The molecule has 3 aromatic heterocycles. The SMILES string of the molecule is CCN(CC)c1cn2c(=O)c3ncn([C@@H]4O[C@H](CO)[C@@H](O)[C@@]4(C)O)c3nc2[nH]1. The van der Waals surface area contributed by atoms with Gasteiger partial charge < -0.3 is 29.9 Å². The summed E-state index contributed by atoms with van der Waals surface area (Å²) in [6.45, 7) is 6.51. The van der Waals surface area contributed by atoms with Crippen LogP contribution in [0.3, 0.4) is 0 Å². The first kappa shape index (κ1) is 18.9. The number of hydrogen-bond acceptors (Lipinski definition) is 8. The average Bonchev–Trinajstić information content (AvgIpc) is 3.33. The molecule has 4 rings (SSSR count). The zero-order valence-electron chi connectivity index (χ0n) is 15.9. The number of aliphatic hydroxyl groups is 3. The lowest BCUT2D eigenvalue weighted by Gasteiger charge is -2.27. The van der Waals surface area contributed by atoms with E-state index in [1.165, 1.54) is 22.2 Å². The lowest BCUT2D eigenvalue weighted by atomic mass is 9.96. The number of hydrogen-bond donors (Lipinski definition) is 4. The van der Waals surface area contributed by atoms with E-state index in [4.69, 9.17) is 4.74 Å². The highest BCUT2D eigenvalue weighted by Crippen LogP contribution is 2.39. The van der Waals surface area contributed by atoms with Crippen LogP contribution in [0.2, 0.25) is 0 Å². The molecule has 3 aromatic rings. The molecule has 0 spiro atoms. The van der Waals surface area contributed by atoms with E-state index >= 15 is 0 Å². The van der Waals surface area contributed by atoms with Crippen LogP contribution in [-0.2, 0) is 4.74 Å². The molecule has 0 bridgehead atoms. The maximum absolute atomic E-state index is 12.9. The van der Waals surface area contributed by atoms with Gasteiger partial charge in [-0.1, -0.05) is 0 Å². The van der Waals surface area contributed by atoms with Gasteiger partial charge in [0.25, 0.3) is 5.56 Å². The molecular weight excluding hydrogens is 368 g/mol. The number of aromatic nitrogens is 5. The van der Waals surface area contributed by atoms with Crippen molar-refractivity contribution in [3.63, 3.8) is 0 Å². The Labute approximate surface area is 159 Å². The largest absolute Gasteiger partial charge is 0.394 e. The minimum absolute atomic E-state index is 0.115. The molecule has 4 heterocycles. The second kappa shape index (κ2) is 6.55. The van der Waals surface area contributed by atoms with E-state index in [1.54, 1.807) is 6.20 Å². The van der Waals surface area contributed by atoms with Crippen molar-refractivity contribution in [3.8, 4) is 0 Å². The van der Waals surface area contributed by atoms with Crippen LogP contribution in [0.25, 0.3) is 16.9 Å². The lowest BCUT2D eigenvalue weighted by molar-refractivity contribution is -0.0950. The van der Waals surface area contributed by atoms with Gasteiger partial charge in [-0.05, 0) is 20.8 Å². The summed E-state index contributed by atoms with van der Waals surface area (Å²) in [6.07, 6.45) is -0.290. The number of imidazole rings is 2. The summed E-state index contributed by atoms with van der Waals surface area (Å²) in [5.41, 5.74) is -1.72. The molecule has 28 heavy (non-hydrogen) atoms. The molecule has 1 aliphatic heterocycles. The Kier molecular flexibility index (Phi) is 4.42. The van der Waals surface area contributed by atoms with Gasteiger partial charge in [0, 0.05) is 13.1 Å². The van der Waals surface area contributed by atoms with Crippen molar-refractivity contribution >= 4 is 22.8 Å². The van der Waals surface area contributed by atoms with E-state index < -0.39 is 30.6 Å². The monoisotopic (exact) mass is 392 g/mol. The predicted octanol–water partition coefficient (Wildman–Crippen LogP) is -0.780. The second-order valence-corrected chi connectivity index (χ2v) is 7.13. The van der Waals surface area contributed by atoms with Crippen LogP contribution in [0.4, 0.5) is 5.82 Å². The van der Waals surface area contributed by atoms with E-state index in [9.17, 15) is 20.1 Å². The molecule has 11 nitrogen and oxygen atoms in total. The highest BCUT2D eigenvalue weighted by molar-refractivity contribution is 5.72. The van der Waals surface area contributed by atoms with E-state index in [0.717, 1.165) is 18.9 Å². The van der Waals surface area contributed by atoms with Gasteiger partial charge in [-0.2, -0.15) is 4.98 Å². The fourth-order valence-electron chi connectivity index (χ4n) is 3.74. The standard InChI is InChI=1S/C17H24N6O5/c1-4-21(5-2)10-6-22-14(26)11-13(20-16(22)19-10)23(8-18-11)15-17(3,27)12(25)9(7-24)28-15/h6,8-9,12,15,24-25,27H,4-5,7H2,1-3H3,(H,19,20)/t9-,12-,15-,17-/m1/s1. The van der Waals surface area contributed by atoms with Gasteiger partial charge in [-0.15, -0.1) is 0 Å². The number of fused-ring (bicyclic) bond motifs is 2. The molecule has 11 heteroatoms. The topological polar surface area (TPSA) is 141 Å². The first-order valence-electron chi connectivity index (χ1n) is 9.23. The van der Waals surface area contributed by atoms with Gasteiger partial charge in [0.1, 0.15) is 23.6 Å². The van der Waals surface area contributed by atoms with Crippen molar-refractivity contribution in [1.29, 1.82) is 0 Å². The molecule has 1 saturated heterocycles. The van der Waals surface area contributed by atoms with Gasteiger partial charge in [-0.3, -0.25) is 9.36 Å². The smallest absolute Gasteiger partial charge is 0.287 e. The predicted molar refractivity (Wildman–Crippen MR) is 100 cm³/mol. The van der Waals surface area contributed by atoms with Crippen LogP contribution < -0.4 is 10.5 Å². The summed E-state index contributed by atoms with van der Waals surface area (Å²) in [5.74, 6) is 1.09. The van der Waals surface area contributed by atoms with Crippen LogP contribution >= 0.6 is 0 Å². The van der Waals surface area contributed by atoms with Crippen molar-refractivity contribution in [2.24, 2.45) is 0 Å². The minimum Gasteiger partial charge on any atom is -0.394 e. The zero-order chi connectivity index (χ0) is 20.2. The molecule has 0 saturated carbocycles. The molecule has 0 radical (unpaired) electrons. The number of rotatable bonds is 5. The number of nitrogens with zero attached hydrogens (tertiary/aromatic N) is 5. The fraction of sp³-hybridized carbons (Fsp3) is 0.588. The van der Waals surface area contributed by atoms with Crippen LogP contribution in [0.1, 0.15) is 27.0 Å². The van der Waals surface area contributed by atoms with Gasteiger partial charge in [-0.25, -0.2) is 9.38 Å². The molecule has 0 amide bonds. The van der Waals surface area contributed by atoms with E-state index in [1.807, 2.05) is 18.7 Å². The number of aliphatic hydroxyl groups excluding tert-OH is 2. The van der Waals surface area contributed by atoms with Crippen molar-refractivity contribution < 1.29 is 20.1 Å². The normalized spacial score (nSPS) is 27.9. The van der Waals surface area contributed by atoms with Crippen LogP contribution in [0.5, 0.6) is 0 Å². The molecule has 0 aliphatic carbocycles. The summed E-state index contributed by atoms with van der Waals surface area (Å²) in [4.78, 5) is 26.7. The van der Waals surface area contributed by atoms with Crippen molar-refractivity contribution in [3.05, 3.63) is 22.9 Å². The fourth-order valence-corrected chi connectivity index (χ4v) is 3.74. The average molecular weight is 392 g/mol. The Morgan fingerprint density at radius 1 is 1.39 bits per heavy atom. The third-order valence-electron chi connectivity index (χ3n) is 5.41. The molecule has 152 valence electrons. The Morgan fingerprint density at radius 3 is 2.71 bits per heavy atom. The Balaban J connectivity index is 1.87. The van der Waals surface area contributed by atoms with Crippen molar-refractivity contribution in [1.82, 2.24) is 23.9 Å². The number of H-pyrrole nitrogens is 1. The number of aromatic amines is 1. The highest BCUT2D eigenvalue weighted by atomic mass is 16.6. The van der Waals surface area contributed by atoms with E-state index in [2.05, 4.69) is 15.0 Å². The third-order valence-corrected chi connectivity index (χ3v) is 5.41. The molecule has 1 fully saturated rings. The highest BCUT2D eigenvalue weighted by Gasteiger charge is 2.53. The molecular formula is C17H24N6O5. The van der Waals surface area contributed by atoms with Crippen molar-refractivity contribution in [2.75, 3.05) is 24.6 Å². The summed E-state index contributed by atoms with van der Waals surface area (Å²) < 4.78 is 8.43. The summed E-state index contributed by atoms with van der Waals surface area (Å²) in [5, 5.41) is 30.3. The first-order valence-corrected chi connectivity index (χ1v) is 9.23. The summed E-state index contributed by atoms with van der Waals surface area (Å²) in [6, 6.07) is 0. The van der Waals surface area contributed by atoms with Crippen LogP contribution in [-0.4, -0.2) is 76.7 Å². The van der Waals surface area contributed by atoms with Crippen LogP contribution in [0.15, 0.2) is 17.3 Å². The summed E-state index contributed by atoms with van der Waals surface area (Å²) >= 11 is 0. The molecule has 0 unspecified atom stereocenters. The molecule has 4 atom stereocenters. The minimum atomic E-state index is -1.70. The summed E-state index contributed by atoms with van der Waals surface area (Å²) in [7, 11) is 0. The van der Waals surface area contributed by atoms with Gasteiger partial charge in [0.2, 0.25) is 5.78 Å². The number of ether oxygens (including phenoxy) is 1. The maximum atomic E-state index is 12.9. The lowest BCUT2D eigenvalue weighted by Crippen LogP contribution is -2.44. The quantitative estimate of drug-likeness (QED) is 0.443. The van der Waals surface area contributed by atoms with Gasteiger partial charge in [0.15, 0.2) is 17.4 Å². The Bertz CT molecular complexity index is 1070. The molecule has 0 aromatic carbocycles. The second-order valence-electron chi connectivity index (χ2n) is 7.13. The third kappa shape index (κ3) is 2.54. The van der Waals surface area contributed by atoms with E-state index in [0.29, 0.717) is 5.78 Å². The van der Waals surface area contributed by atoms with Gasteiger partial charge >= 0.3 is 0 Å². The van der Waals surface area contributed by atoms with E-state index in [-0.39, 0.29) is 16.7 Å². The number of anilines is 1. The molecule has 4 N–H and O–H groups in total. The van der Waals surface area contributed by atoms with Crippen LogP contribution in [0, 0.1) is 0 Å². The Hall–Kier alpha value is -2.47. The first-order chi connectivity index (χ1) is 13.3. The van der Waals surface area contributed by atoms with Crippen molar-refractivity contribution in [2.45, 2.75) is 44.8 Å². The molecule has 1 aliphatic rings. The zero-order valence-corrected chi connectivity index (χ0v) is 15.9. The number of nitrogens with one attached hydrogen (secondary N) is 1. The maximum Gasteiger partial charge on any atom is 0.287 e. The van der Waals surface area contributed by atoms with Gasteiger partial charge in [0.05, 0.1) is 19.1 Å². The Morgan fingerprint density at radius 2 is 2.11 bits per heavy atom.